The van der Waals surface area contributed by atoms with Crippen molar-refractivity contribution < 1.29 is 9.59 Å². The van der Waals surface area contributed by atoms with Crippen LogP contribution in [0.4, 0.5) is 0 Å². The van der Waals surface area contributed by atoms with Crippen LogP contribution in [0.3, 0.4) is 0 Å². The van der Waals surface area contributed by atoms with E-state index < -0.39 is 18.0 Å². The number of carbonyl (C=O) groups excluding carboxylic acids is 2. The molecular formula is C26H29N3O2. The van der Waals surface area contributed by atoms with Gasteiger partial charge in [0, 0.05) is 0 Å². The van der Waals surface area contributed by atoms with Crippen molar-refractivity contribution >= 4 is 11.8 Å². The number of primary amides is 1. The van der Waals surface area contributed by atoms with Crippen molar-refractivity contribution in [2.45, 2.75) is 37.8 Å². The molecular weight excluding hydrogens is 386 g/mol. The molecule has 5 N–H and O–H groups in total. The van der Waals surface area contributed by atoms with Gasteiger partial charge in [0.25, 0.3) is 0 Å². The van der Waals surface area contributed by atoms with Crippen LogP contribution in [0.1, 0.15) is 24.0 Å². The summed E-state index contributed by atoms with van der Waals surface area (Å²) in [6.45, 7) is 0. The molecule has 2 atom stereocenters. The van der Waals surface area contributed by atoms with Gasteiger partial charge in [-0.25, -0.2) is 0 Å². The van der Waals surface area contributed by atoms with Gasteiger partial charge in [-0.3, -0.25) is 9.59 Å². The lowest BCUT2D eigenvalue weighted by Crippen LogP contribution is -2.51. The fourth-order valence-electron chi connectivity index (χ4n) is 3.53. The van der Waals surface area contributed by atoms with Crippen molar-refractivity contribution in [3.63, 3.8) is 0 Å². The highest BCUT2D eigenvalue weighted by atomic mass is 16.2. The molecule has 0 fully saturated rings. The maximum absolute atomic E-state index is 12.5. The topological polar surface area (TPSA) is 98.2 Å². The lowest BCUT2D eigenvalue weighted by molar-refractivity contribution is -0.128. The number of hydrogen-bond acceptors (Lipinski definition) is 3. The number of nitrogens with one attached hydrogen (secondary N) is 1. The van der Waals surface area contributed by atoms with E-state index in [1.165, 1.54) is 5.56 Å². The van der Waals surface area contributed by atoms with E-state index in [9.17, 15) is 9.59 Å². The number of carbonyl (C=O) groups is 2. The number of benzene rings is 3. The van der Waals surface area contributed by atoms with Crippen LogP contribution < -0.4 is 16.8 Å². The Bertz CT molecular complexity index is 973. The van der Waals surface area contributed by atoms with Gasteiger partial charge in [0.1, 0.15) is 6.04 Å². The number of rotatable bonds is 10. The highest BCUT2D eigenvalue weighted by Crippen LogP contribution is 2.19. The van der Waals surface area contributed by atoms with Crippen LogP contribution in [0.2, 0.25) is 0 Å². The van der Waals surface area contributed by atoms with Crippen LogP contribution in [0.25, 0.3) is 11.1 Å². The molecule has 3 rings (SSSR count). The average Bonchev–Trinajstić information content (AvgIpc) is 2.80. The summed E-state index contributed by atoms with van der Waals surface area (Å²) >= 11 is 0. The third kappa shape index (κ3) is 6.79. The lowest BCUT2D eigenvalue weighted by Gasteiger charge is -2.19. The molecule has 2 amide bonds. The van der Waals surface area contributed by atoms with Crippen LogP contribution in [-0.2, 0) is 22.4 Å². The smallest absolute Gasteiger partial charge is 0.240 e. The first-order valence-electron chi connectivity index (χ1n) is 10.6. The number of aryl methyl sites for hydroxylation is 1. The maximum atomic E-state index is 12.5. The maximum Gasteiger partial charge on any atom is 0.240 e. The van der Waals surface area contributed by atoms with E-state index in [1.807, 2.05) is 72.8 Å². The van der Waals surface area contributed by atoms with Crippen LogP contribution in [0.15, 0.2) is 84.9 Å². The molecule has 3 aromatic rings. The van der Waals surface area contributed by atoms with E-state index in [0.717, 1.165) is 29.5 Å². The Morgan fingerprint density at radius 2 is 1.35 bits per heavy atom. The standard InChI is InChI=1S/C26H29N3O2/c27-23(18-20-14-16-22(17-15-20)21-11-5-2-6-12-21)26(31)29-24(25(28)30)13-7-10-19-8-3-1-4-9-19/h1-6,8-9,11-12,14-17,23-24H,7,10,13,18,27H2,(H2,28,30)(H,29,31)/t23-,24-/m0/s1. The minimum absolute atomic E-state index is 0.365. The molecule has 0 aliphatic rings. The Hall–Kier alpha value is -3.44. The van der Waals surface area contributed by atoms with Crippen LogP contribution in [0.5, 0.6) is 0 Å². The summed E-state index contributed by atoms with van der Waals surface area (Å²) in [5.74, 6) is -0.906. The zero-order valence-electron chi connectivity index (χ0n) is 17.5. The number of nitrogens with two attached hydrogens (primary N) is 2. The third-order valence-electron chi connectivity index (χ3n) is 5.31. The van der Waals surface area contributed by atoms with E-state index in [1.54, 1.807) is 0 Å². The molecule has 0 saturated carbocycles. The van der Waals surface area contributed by atoms with Gasteiger partial charge in [0.05, 0.1) is 6.04 Å². The Kier molecular flexibility index (Phi) is 7.96. The largest absolute Gasteiger partial charge is 0.368 e. The van der Waals surface area contributed by atoms with Gasteiger partial charge in [-0.05, 0) is 47.9 Å². The minimum atomic E-state index is -0.751. The first-order chi connectivity index (χ1) is 15.0. The molecule has 0 saturated heterocycles. The van der Waals surface area contributed by atoms with Gasteiger partial charge >= 0.3 is 0 Å². The van der Waals surface area contributed by atoms with E-state index in [4.69, 9.17) is 11.5 Å². The van der Waals surface area contributed by atoms with Gasteiger partial charge in [-0.15, -0.1) is 0 Å². The van der Waals surface area contributed by atoms with E-state index in [-0.39, 0.29) is 5.91 Å². The van der Waals surface area contributed by atoms with Crippen molar-refractivity contribution in [2.24, 2.45) is 11.5 Å². The van der Waals surface area contributed by atoms with Crippen LogP contribution in [-0.4, -0.2) is 23.9 Å². The minimum Gasteiger partial charge on any atom is -0.368 e. The quantitative estimate of drug-likeness (QED) is 0.474. The molecule has 31 heavy (non-hydrogen) atoms. The Morgan fingerprint density at radius 3 is 1.97 bits per heavy atom. The molecule has 0 unspecified atom stereocenters. The molecule has 0 radical (unpaired) electrons. The lowest BCUT2D eigenvalue weighted by atomic mass is 10.00. The zero-order chi connectivity index (χ0) is 22.1. The first kappa shape index (κ1) is 22.2. The predicted molar refractivity (Wildman–Crippen MR) is 124 cm³/mol. The summed E-state index contributed by atoms with van der Waals surface area (Å²) in [6.07, 6.45) is 2.43. The second-order valence-electron chi connectivity index (χ2n) is 7.71. The molecule has 5 heteroatoms. The fraction of sp³-hybridized carbons (Fsp3) is 0.231. The predicted octanol–water partition coefficient (Wildman–Crippen LogP) is 3.22. The molecule has 0 heterocycles. The van der Waals surface area contributed by atoms with Crippen LogP contribution in [0, 0.1) is 0 Å². The van der Waals surface area contributed by atoms with Gasteiger partial charge < -0.3 is 16.8 Å². The third-order valence-corrected chi connectivity index (χ3v) is 5.31. The highest BCUT2D eigenvalue weighted by molar-refractivity contribution is 5.89. The average molecular weight is 416 g/mol. The Labute approximate surface area is 183 Å². The monoisotopic (exact) mass is 415 g/mol. The zero-order valence-corrected chi connectivity index (χ0v) is 17.5. The molecule has 0 bridgehead atoms. The molecule has 160 valence electrons. The molecule has 5 nitrogen and oxygen atoms in total. The summed E-state index contributed by atoms with van der Waals surface area (Å²) < 4.78 is 0. The van der Waals surface area contributed by atoms with Crippen molar-refractivity contribution in [1.29, 1.82) is 0 Å². The first-order valence-corrected chi connectivity index (χ1v) is 10.6. The summed E-state index contributed by atoms with van der Waals surface area (Å²) in [4.78, 5) is 24.3. The van der Waals surface area contributed by atoms with E-state index >= 15 is 0 Å². The second kappa shape index (κ2) is 11.1. The van der Waals surface area contributed by atoms with Gasteiger partial charge in [-0.1, -0.05) is 84.9 Å². The van der Waals surface area contributed by atoms with Crippen molar-refractivity contribution in [1.82, 2.24) is 5.32 Å². The van der Waals surface area contributed by atoms with Gasteiger partial charge in [0.2, 0.25) is 11.8 Å². The Balaban J connectivity index is 1.51. The molecule has 3 aromatic carbocycles. The van der Waals surface area contributed by atoms with E-state index in [2.05, 4.69) is 17.4 Å². The van der Waals surface area contributed by atoms with Gasteiger partial charge in [0.15, 0.2) is 0 Å². The van der Waals surface area contributed by atoms with E-state index in [0.29, 0.717) is 12.8 Å². The normalized spacial score (nSPS) is 12.7. The van der Waals surface area contributed by atoms with Crippen molar-refractivity contribution in [3.8, 4) is 11.1 Å². The molecule has 0 aliphatic carbocycles. The number of amides is 2. The van der Waals surface area contributed by atoms with Gasteiger partial charge in [-0.2, -0.15) is 0 Å². The summed E-state index contributed by atoms with van der Waals surface area (Å²) in [7, 11) is 0. The second-order valence-corrected chi connectivity index (χ2v) is 7.71. The Morgan fingerprint density at radius 1 is 0.774 bits per heavy atom. The molecule has 0 spiro atoms. The summed E-state index contributed by atoms with van der Waals surface area (Å²) in [6, 6.07) is 26.6. The number of hydrogen-bond donors (Lipinski definition) is 3. The molecule has 0 aliphatic heterocycles. The van der Waals surface area contributed by atoms with Crippen molar-refractivity contribution in [2.75, 3.05) is 0 Å². The highest BCUT2D eigenvalue weighted by Gasteiger charge is 2.22. The summed E-state index contributed by atoms with van der Waals surface area (Å²) in [5.41, 5.74) is 16.0. The van der Waals surface area contributed by atoms with Crippen LogP contribution >= 0.6 is 0 Å². The SMILES string of the molecule is NC(=O)[C@H](CCCc1ccccc1)NC(=O)[C@@H](N)Cc1ccc(-c2ccccc2)cc1. The summed E-state index contributed by atoms with van der Waals surface area (Å²) in [5, 5.41) is 2.72. The molecule has 0 aromatic heterocycles. The fourth-order valence-corrected chi connectivity index (χ4v) is 3.53. The van der Waals surface area contributed by atoms with Crippen molar-refractivity contribution in [3.05, 3.63) is 96.1 Å².